The van der Waals surface area contributed by atoms with Crippen LogP contribution in [0, 0.1) is 0 Å². The molecule has 0 unspecified atom stereocenters. The summed E-state index contributed by atoms with van der Waals surface area (Å²) in [7, 11) is 1.90. The molecule has 2 aromatic heterocycles. The van der Waals surface area contributed by atoms with Crippen LogP contribution in [0.2, 0.25) is 0 Å². The van der Waals surface area contributed by atoms with Gasteiger partial charge in [0.25, 0.3) is 0 Å². The molecule has 19 heavy (non-hydrogen) atoms. The second kappa shape index (κ2) is 7.09. The Labute approximate surface area is 118 Å². The minimum absolute atomic E-state index is 0.959. The van der Waals surface area contributed by atoms with Crippen molar-refractivity contribution in [2.24, 2.45) is 0 Å². The van der Waals surface area contributed by atoms with Crippen molar-refractivity contribution in [3.63, 3.8) is 0 Å². The van der Waals surface area contributed by atoms with Gasteiger partial charge in [0.15, 0.2) is 5.13 Å². The van der Waals surface area contributed by atoms with E-state index in [2.05, 4.69) is 39.7 Å². The molecule has 0 amide bonds. The molecule has 0 radical (unpaired) electrons. The van der Waals surface area contributed by atoms with Crippen molar-refractivity contribution in [2.45, 2.75) is 26.2 Å². The van der Waals surface area contributed by atoms with Crippen LogP contribution in [0.5, 0.6) is 0 Å². The fraction of sp³-hybridized carbons (Fsp3) is 0.429. The number of thiazole rings is 1. The van der Waals surface area contributed by atoms with Gasteiger partial charge in [-0.25, -0.2) is 9.97 Å². The Morgan fingerprint density at radius 1 is 1.16 bits per heavy atom. The van der Waals surface area contributed by atoms with E-state index < -0.39 is 0 Å². The summed E-state index contributed by atoms with van der Waals surface area (Å²) in [6, 6.07) is 4.20. The van der Waals surface area contributed by atoms with Crippen LogP contribution < -0.4 is 10.6 Å². The molecule has 0 bridgehead atoms. The Bertz CT molecular complexity index is 492. The maximum atomic E-state index is 4.41. The maximum absolute atomic E-state index is 4.41. The molecule has 5 heteroatoms. The molecule has 2 aromatic rings. The average Bonchev–Trinajstić information content (AvgIpc) is 2.92. The van der Waals surface area contributed by atoms with Crippen LogP contribution in [0.4, 0.5) is 10.9 Å². The number of aromatic nitrogens is 2. The second-order valence-electron chi connectivity index (χ2n) is 4.36. The number of rotatable bonds is 7. The fourth-order valence-corrected chi connectivity index (χ4v) is 2.50. The Kier molecular flexibility index (Phi) is 5.15. The highest BCUT2D eigenvalue weighted by Gasteiger charge is 2.01. The van der Waals surface area contributed by atoms with Crippen molar-refractivity contribution in [3.05, 3.63) is 35.0 Å². The fourth-order valence-electron chi connectivity index (χ4n) is 1.74. The monoisotopic (exact) mass is 276 g/mol. The molecule has 102 valence electrons. The summed E-state index contributed by atoms with van der Waals surface area (Å²) < 4.78 is 0. The van der Waals surface area contributed by atoms with Gasteiger partial charge in [0.05, 0.1) is 0 Å². The molecule has 2 N–H and O–H groups in total. The van der Waals surface area contributed by atoms with E-state index in [1.165, 1.54) is 10.4 Å². The van der Waals surface area contributed by atoms with Crippen molar-refractivity contribution in [1.82, 2.24) is 9.97 Å². The standard InChI is InChI=1S/C14H20N4S/c1-3-8-16-13-7-5-11(9-17-13)4-6-12-10-18-14(15-2)19-12/h5,7,9-10H,3-4,6,8H2,1-2H3,(H,15,18)(H,16,17). The number of aryl methyl sites for hydroxylation is 2. The quantitative estimate of drug-likeness (QED) is 0.815. The van der Waals surface area contributed by atoms with Crippen molar-refractivity contribution in [3.8, 4) is 0 Å². The first-order valence-electron chi connectivity index (χ1n) is 6.63. The van der Waals surface area contributed by atoms with Gasteiger partial charge in [0, 0.05) is 30.9 Å². The van der Waals surface area contributed by atoms with E-state index in [0.29, 0.717) is 0 Å². The zero-order valence-corrected chi connectivity index (χ0v) is 12.3. The van der Waals surface area contributed by atoms with Crippen molar-refractivity contribution >= 4 is 22.3 Å². The molecule has 4 nitrogen and oxygen atoms in total. The largest absolute Gasteiger partial charge is 0.370 e. The van der Waals surface area contributed by atoms with Gasteiger partial charge in [-0.15, -0.1) is 11.3 Å². The van der Waals surface area contributed by atoms with Crippen molar-refractivity contribution < 1.29 is 0 Å². The van der Waals surface area contributed by atoms with E-state index >= 15 is 0 Å². The van der Waals surface area contributed by atoms with E-state index in [9.17, 15) is 0 Å². The number of hydrogen-bond donors (Lipinski definition) is 2. The van der Waals surface area contributed by atoms with E-state index in [1.54, 1.807) is 11.3 Å². The molecule has 0 saturated carbocycles. The van der Waals surface area contributed by atoms with Crippen LogP contribution in [0.1, 0.15) is 23.8 Å². The van der Waals surface area contributed by atoms with E-state index in [1.807, 2.05) is 19.4 Å². The Hall–Kier alpha value is -1.62. The molecule has 0 saturated heterocycles. The highest BCUT2D eigenvalue weighted by molar-refractivity contribution is 7.15. The van der Waals surface area contributed by atoms with Crippen LogP contribution in [0.15, 0.2) is 24.5 Å². The number of hydrogen-bond acceptors (Lipinski definition) is 5. The lowest BCUT2D eigenvalue weighted by Crippen LogP contribution is -2.02. The van der Waals surface area contributed by atoms with Crippen LogP contribution in [0.25, 0.3) is 0 Å². The number of pyridine rings is 1. The van der Waals surface area contributed by atoms with Gasteiger partial charge in [-0.05, 0) is 30.9 Å². The first-order chi connectivity index (χ1) is 9.31. The summed E-state index contributed by atoms with van der Waals surface area (Å²) in [5.74, 6) is 0.959. The zero-order valence-electron chi connectivity index (χ0n) is 11.4. The number of nitrogens with zero attached hydrogens (tertiary/aromatic N) is 2. The first-order valence-corrected chi connectivity index (χ1v) is 7.44. The Morgan fingerprint density at radius 2 is 2.05 bits per heavy atom. The van der Waals surface area contributed by atoms with Gasteiger partial charge < -0.3 is 10.6 Å². The molecule has 2 heterocycles. The van der Waals surface area contributed by atoms with Crippen molar-refractivity contribution in [1.29, 1.82) is 0 Å². The topological polar surface area (TPSA) is 49.8 Å². The number of nitrogens with one attached hydrogen (secondary N) is 2. The van der Waals surface area contributed by atoms with Crippen LogP contribution >= 0.6 is 11.3 Å². The summed E-state index contributed by atoms with van der Waals surface area (Å²) in [5, 5.41) is 7.32. The normalized spacial score (nSPS) is 10.4. The minimum atomic E-state index is 0.959. The number of anilines is 2. The summed E-state index contributed by atoms with van der Waals surface area (Å²) in [5.41, 5.74) is 1.27. The summed E-state index contributed by atoms with van der Waals surface area (Å²) in [6.07, 6.45) is 7.04. The lowest BCUT2D eigenvalue weighted by molar-refractivity contribution is 0.949. The third kappa shape index (κ3) is 4.21. The highest BCUT2D eigenvalue weighted by atomic mass is 32.1. The molecule has 0 spiro atoms. The van der Waals surface area contributed by atoms with Gasteiger partial charge in [0.1, 0.15) is 5.82 Å². The molecular weight excluding hydrogens is 256 g/mol. The highest BCUT2D eigenvalue weighted by Crippen LogP contribution is 2.19. The van der Waals surface area contributed by atoms with Crippen LogP contribution in [-0.2, 0) is 12.8 Å². The smallest absolute Gasteiger partial charge is 0.182 e. The van der Waals surface area contributed by atoms with E-state index in [-0.39, 0.29) is 0 Å². The molecule has 0 aliphatic heterocycles. The van der Waals surface area contributed by atoms with Gasteiger partial charge in [-0.2, -0.15) is 0 Å². The third-order valence-electron chi connectivity index (χ3n) is 2.81. The van der Waals surface area contributed by atoms with Crippen molar-refractivity contribution in [2.75, 3.05) is 24.2 Å². The molecule has 0 fully saturated rings. The van der Waals surface area contributed by atoms with Crippen LogP contribution in [-0.4, -0.2) is 23.6 Å². The maximum Gasteiger partial charge on any atom is 0.182 e. The summed E-state index contributed by atoms with van der Waals surface area (Å²) >= 11 is 1.71. The van der Waals surface area contributed by atoms with Gasteiger partial charge in [-0.3, -0.25) is 0 Å². The molecule has 0 aliphatic rings. The van der Waals surface area contributed by atoms with Crippen LogP contribution in [0.3, 0.4) is 0 Å². The lowest BCUT2D eigenvalue weighted by Gasteiger charge is -2.04. The summed E-state index contributed by atoms with van der Waals surface area (Å²) in [4.78, 5) is 9.99. The Morgan fingerprint density at radius 3 is 2.68 bits per heavy atom. The predicted octanol–water partition coefficient (Wildman–Crippen LogP) is 3.19. The predicted molar refractivity (Wildman–Crippen MR) is 82.1 cm³/mol. The first kappa shape index (κ1) is 13.8. The average molecular weight is 276 g/mol. The van der Waals surface area contributed by atoms with Gasteiger partial charge in [0.2, 0.25) is 0 Å². The molecular formula is C14H20N4S. The van der Waals surface area contributed by atoms with Gasteiger partial charge >= 0.3 is 0 Å². The molecule has 0 aliphatic carbocycles. The SMILES string of the molecule is CCCNc1ccc(CCc2cnc(NC)s2)cn1. The third-order valence-corrected chi connectivity index (χ3v) is 3.88. The Balaban J connectivity index is 1.85. The molecule has 2 rings (SSSR count). The molecule has 0 atom stereocenters. The van der Waals surface area contributed by atoms with Gasteiger partial charge in [-0.1, -0.05) is 13.0 Å². The zero-order chi connectivity index (χ0) is 13.5. The lowest BCUT2D eigenvalue weighted by atomic mass is 10.1. The van der Waals surface area contributed by atoms with E-state index in [0.717, 1.165) is 36.8 Å². The summed E-state index contributed by atoms with van der Waals surface area (Å²) in [6.45, 7) is 3.12. The second-order valence-corrected chi connectivity index (χ2v) is 5.48. The van der Waals surface area contributed by atoms with E-state index in [4.69, 9.17) is 0 Å². The molecule has 0 aromatic carbocycles. The minimum Gasteiger partial charge on any atom is -0.370 e.